The minimum absolute atomic E-state index is 0.0709. The number of nitrogens with zero attached hydrogens (tertiary/aromatic N) is 5. The summed E-state index contributed by atoms with van der Waals surface area (Å²) in [5, 5.41) is 29.0. The summed E-state index contributed by atoms with van der Waals surface area (Å²) in [7, 11) is 1.56. The minimum Gasteiger partial charge on any atom is -0.470 e. The van der Waals surface area contributed by atoms with Gasteiger partial charge in [-0.05, 0) is 12.1 Å². The second-order valence-corrected chi connectivity index (χ2v) is 6.34. The van der Waals surface area contributed by atoms with Crippen LogP contribution in [0.5, 0.6) is 5.75 Å². The topological polar surface area (TPSA) is 122 Å². The number of anilines is 1. The standard InChI is InChI=1S/C15H13N5O5S/c1-3-11(25-10-6-4-9(5-7-10)20(23)24)13-16-17-14(26-13)19-12(21)8-18(2)15(19)22/h1,4-7,11-12,21H,8H2,2H3. The van der Waals surface area contributed by atoms with Crippen LogP contribution in [0.4, 0.5) is 15.6 Å². The number of ether oxygens (including phenoxy) is 1. The summed E-state index contributed by atoms with van der Waals surface area (Å²) < 4.78 is 5.61. The van der Waals surface area contributed by atoms with Crippen molar-refractivity contribution in [3.8, 4) is 18.1 Å². The third kappa shape index (κ3) is 3.28. The van der Waals surface area contributed by atoms with Gasteiger partial charge in [0.25, 0.3) is 5.69 Å². The van der Waals surface area contributed by atoms with Crippen LogP contribution in [0.15, 0.2) is 24.3 Å². The van der Waals surface area contributed by atoms with E-state index in [0.29, 0.717) is 10.8 Å². The highest BCUT2D eigenvalue weighted by Crippen LogP contribution is 2.31. The number of nitro benzene ring substituents is 1. The van der Waals surface area contributed by atoms with Crippen LogP contribution in [0.1, 0.15) is 11.1 Å². The summed E-state index contributed by atoms with van der Waals surface area (Å²) in [6, 6.07) is 5.04. The van der Waals surface area contributed by atoms with Crippen molar-refractivity contribution in [2.75, 3.05) is 18.5 Å². The number of β-amino-alcohol motifs (C(OH)–C–C–N with tert-alkyl or cyclic N) is 1. The molecule has 0 bridgehead atoms. The molecule has 134 valence electrons. The molecule has 0 saturated carbocycles. The molecule has 2 atom stereocenters. The van der Waals surface area contributed by atoms with Crippen LogP contribution >= 0.6 is 11.3 Å². The van der Waals surface area contributed by atoms with E-state index in [9.17, 15) is 20.0 Å². The normalized spacial score (nSPS) is 17.9. The van der Waals surface area contributed by atoms with Crippen LogP contribution in [-0.2, 0) is 0 Å². The Kier molecular flexibility index (Phi) is 4.70. The summed E-state index contributed by atoms with van der Waals surface area (Å²) in [6.45, 7) is 0.158. The SMILES string of the molecule is C#CC(Oc1ccc([N+](=O)[O-])cc1)c1nnc(N2C(=O)N(C)CC2O)s1. The zero-order valence-electron chi connectivity index (χ0n) is 13.5. The first-order chi connectivity index (χ1) is 12.4. The minimum atomic E-state index is -1.02. The molecule has 1 N–H and O–H groups in total. The van der Waals surface area contributed by atoms with Crippen molar-refractivity contribution in [1.82, 2.24) is 15.1 Å². The van der Waals surface area contributed by atoms with Gasteiger partial charge in [0.1, 0.15) is 5.75 Å². The van der Waals surface area contributed by atoms with Crippen LogP contribution < -0.4 is 9.64 Å². The number of urea groups is 1. The fraction of sp³-hybridized carbons (Fsp3) is 0.267. The lowest BCUT2D eigenvalue weighted by atomic mass is 10.3. The van der Waals surface area contributed by atoms with E-state index in [1.54, 1.807) is 7.05 Å². The maximum absolute atomic E-state index is 12.0. The highest BCUT2D eigenvalue weighted by molar-refractivity contribution is 7.15. The molecule has 1 saturated heterocycles. The van der Waals surface area contributed by atoms with Crippen LogP contribution in [-0.4, -0.2) is 51.0 Å². The van der Waals surface area contributed by atoms with Gasteiger partial charge in [0.05, 0.1) is 11.5 Å². The summed E-state index contributed by atoms with van der Waals surface area (Å²) in [4.78, 5) is 24.7. The van der Waals surface area contributed by atoms with Gasteiger partial charge in [-0.15, -0.1) is 16.6 Å². The smallest absolute Gasteiger partial charge is 0.328 e. The number of carbonyl (C=O) groups is 1. The van der Waals surface area contributed by atoms with Gasteiger partial charge in [-0.25, -0.2) is 9.69 Å². The number of terminal acetylenes is 1. The van der Waals surface area contributed by atoms with Gasteiger partial charge in [0, 0.05) is 19.2 Å². The molecule has 1 fully saturated rings. The Balaban J connectivity index is 1.77. The number of carbonyl (C=O) groups excluding carboxylic acids is 1. The lowest BCUT2D eigenvalue weighted by Crippen LogP contribution is -2.34. The van der Waals surface area contributed by atoms with Crippen LogP contribution in [0.3, 0.4) is 0 Å². The number of aliphatic hydroxyl groups is 1. The van der Waals surface area contributed by atoms with E-state index in [2.05, 4.69) is 16.1 Å². The van der Waals surface area contributed by atoms with Gasteiger partial charge in [-0.1, -0.05) is 17.3 Å². The molecule has 2 unspecified atom stereocenters. The first kappa shape index (κ1) is 17.6. The van der Waals surface area contributed by atoms with E-state index < -0.39 is 23.3 Å². The number of aliphatic hydroxyl groups excluding tert-OH is 1. The monoisotopic (exact) mass is 375 g/mol. The summed E-state index contributed by atoms with van der Waals surface area (Å²) in [5.41, 5.74) is -0.0709. The third-order valence-corrected chi connectivity index (χ3v) is 4.55. The van der Waals surface area contributed by atoms with Crippen LogP contribution in [0.25, 0.3) is 0 Å². The van der Waals surface area contributed by atoms with Crippen molar-refractivity contribution >= 4 is 28.2 Å². The molecule has 0 radical (unpaired) electrons. The number of nitro groups is 1. The predicted molar refractivity (Wildman–Crippen MR) is 91.7 cm³/mol. The lowest BCUT2D eigenvalue weighted by Gasteiger charge is -2.14. The molecule has 2 heterocycles. The van der Waals surface area contributed by atoms with Crippen LogP contribution in [0, 0.1) is 22.5 Å². The molecule has 3 rings (SSSR count). The van der Waals surface area contributed by atoms with Gasteiger partial charge in [0.2, 0.25) is 11.2 Å². The van der Waals surface area contributed by atoms with Crippen molar-refractivity contribution < 1.29 is 19.6 Å². The van der Waals surface area contributed by atoms with Crippen molar-refractivity contribution in [2.24, 2.45) is 0 Å². The number of rotatable bonds is 5. The van der Waals surface area contributed by atoms with Gasteiger partial charge < -0.3 is 14.7 Å². The second-order valence-electron chi connectivity index (χ2n) is 5.35. The number of benzene rings is 1. The van der Waals surface area contributed by atoms with Crippen molar-refractivity contribution in [3.05, 3.63) is 39.4 Å². The molecule has 1 aromatic heterocycles. The number of aromatic nitrogens is 2. The molecular formula is C15H13N5O5S. The Morgan fingerprint density at radius 2 is 2.15 bits per heavy atom. The van der Waals surface area contributed by atoms with Crippen molar-refractivity contribution in [2.45, 2.75) is 12.3 Å². The number of non-ortho nitro benzene ring substituents is 1. The van der Waals surface area contributed by atoms with Crippen molar-refractivity contribution in [3.63, 3.8) is 0 Å². The molecule has 26 heavy (non-hydrogen) atoms. The Bertz CT molecular complexity index is 877. The second kappa shape index (κ2) is 6.95. The molecule has 11 heteroatoms. The Labute approximate surface area is 151 Å². The molecule has 0 aliphatic carbocycles. The van der Waals surface area contributed by atoms with E-state index in [-0.39, 0.29) is 17.4 Å². The molecule has 1 aliphatic rings. The number of amides is 2. The zero-order chi connectivity index (χ0) is 18.8. The van der Waals surface area contributed by atoms with Gasteiger partial charge in [-0.2, -0.15) is 0 Å². The van der Waals surface area contributed by atoms with E-state index in [1.807, 2.05) is 0 Å². The van der Waals surface area contributed by atoms with Crippen LogP contribution in [0.2, 0.25) is 0 Å². The maximum Gasteiger partial charge on any atom is 0.328 e. The van der Waals surface area contributed by atoms with Gasteiger partial charge in [-0.3, -0.25) is 10.1 Å². The molecule has 1 aromatic carbocycles. The Morgan fingerprint density at radius 1 is 1.46 bits per heavy atom. The Morgan fingerprint density at radius 3 is 2.69 bits per heavy atom. The average Bonchev–Trinajstić information content (AvgIpc) is 3.18. The third-order valence-electron chi connectivity index (χ3n) is 3.58. The summed E-state index contributed by atoms with van der Waals surface area (Å²) in [5.74, 6) is 2.74. The quantitative estimate of drug-likeness (QED) is 0.476. The first-order valence-electron chi connectivity index (χ1n) is 7.33. The molecule has 2 amide bonds. The first-order valence-corrected chi connectivity index (χ1v) is 8.15. The Hall–Kier alpha value is -3.23. The lowest BCUT2D eigenvalue weighted by molar-refractivity contribution is -0.384. The highest BCUT2D eigenvalue weighted by atomic mass is 32.1. The van der Waals surface area contributed by atoms with Gasteiger partial charge in [0.15, 0.2) is 11.2 Å². The molecule has 1 aliphatic heterocycles. The fourth-order valence-corrected chi connectivity index (χ4v) is 3.16. The fourth-order valence-electron chi connectivity index (χ4n) is 2.29. The number of hydrogen-bond acceptors (Lipinski definition) is 8. The van der Waals surface area contributed by atoms with E-state index in [0.717, 1.165) is 16.2 Å². The van der Waals surface area contributed by atoms with E-state index in [4.69, 9.17) is 11.2 Å². The number of hydrogen-bond donors (Lipinski definition) is 1. The number of likely N-dealkylation sites (N-methyl/N-ethyl adjacent to an activating group) is 1. The summed E-state index contributed by atoms with van der Waals surface area (Å²) in [6.07, 6.45) is 3.57. The van der Waals surface area contributed by atoms with Gasteiger partial charge >= 0.3 is 6.03 Å². The maximum atomic E-state index is 12.0. The molecule has 0 spiro atoms. The predicted octanol–water partition coefficient (Wildman–Crippen LogP) is 1.39. The molecule has 10 nitrogen and oxygen atoms in total. The van der Waals surface area contributed by atoms with E-state index >= 15 is 0 Å². The van der Waals surface area contributed by atoms with E-state index in [1.165, 1.54) is 29.2 Å². The molecular weight excluding hydrogens is 362 g/mol. The van der Waals surface area contributed by atoms with Crippen molar-refractivity contribution in [1.29, 1.82) is 0 Å². The molecule has 2 aromatic rings. The zero-order valence-corrected chi connectivity index (χ0v) is 14.3. The largest absolute Gasteiger partial charge is 0.470 e. The average molecular weight is 375 g/mol. The highest BCUT2D eigenvalue weighted by Gasteiger charge is 2.37. The summed E-state index contributed by atoms with van der Waals surface area (Å²) >= 11 is 1.02.